The second kappa shape index (κ2) is 6.25. The second-order valence-electron chi connectivity index (χ2n) is 4.61. The molecule has 0 aliphatic carbocycles. The Balaban J connectivity index is 1.94. The number of amides is 1. The van der Waals surface area contributed by atoms with Crippen LogP contribution in [-0.4, -0.2) is 43.4 Å². The predicted molar refractivity (Wildman–Crippen MR) is 74.8 cm³/mol. The third kappa shape index (κ3) is 3.39. The number of aryl methyl sites for hydroxylation is 1. The molecule has 0 aliphatic heterocycles. The van der Waals surface area contributed by atoms with Crippen molar-refractivity contribution in [1.29, 1.82) is 0 Å². The largest absolute Gasteiger partial charge is 0.337 e. The van der Waals surface area contributed by atoms with Crippen molar-refractivity contribution in [2.75, 3.05) is 12.4 Å². The minimum absolute atomic E-state index is 0.145. The molecule has 2 aromatic rings. The van der Waals surface area contributed by atoms with Crippen molar-refractivity contribution in [3.63, 3.8) is 0 Å². The maximum atomic E-state index is 12.1. The van der Waals surface area contributed by atoms with Gasteiger partial charge in [-0.15, -0.1) is 0 Å². The number of nitrogens with one attached hydrogen (secondary N) is 1. The maximum absolute atomic E-state index is 12.1. The third-order valence-corrected chi connectivity index (χ3v) is 3.15. The van der Waals surface area contributed by atoms with Crippen LogP contribution in [-0.2, 0) is 18.4 Å². The highest BCUT2D eigenvalue weighted by Gasteiger charge is 2.20. The Morgan fingerprint density at radius 2 is 2.05 bits per heavy atom. The van der Waals surface area contributed by atoms with Gasteiger partial charge in [-0.05, 0) is 20.0 Å². The van der Waals surface area contributed by atoms with E-state index in [1.54, 1.807) is 24.7 Å². The number of aromatic nitrogens is 4. The Morgan fingerprint density at radius 1 is 1.35 bits per heavy atom. The van der Waals surface area contributed by atoms with Crippen LogP contribution in [0, 0.1) is 0 Å². The van der Waals surface area contributed by atoms with E-state index in [1.165, 1.54) is 0 Å². The van der Waals surface area contributed by atoms with E-state index < -0.39 is 0 Å². The van der Waals surface area contributed by atoms with Crippen molar-refractivity contribution >= 4 is 11.9 Å². The molecule has 7 nitrogen and oxygen atoms in total. The molecule has 0 fully saturated rings. The molecule has 1 N–H and O–H groups in total. The van der Waals surface area contributed by atoms with Crippen molar-refractivity contribution in [1.82, 2.24) is 24.4 Å². The van der Waals surface area contributed by atoms with Gasteiger partial charge in [-0.3, -0.25) is 15.0 Å². The van der Waals surface area contributed by atoms with Gasteiger partial charge in [-0.1, -0.05) is 0 Å². The fourth-order valence-electron chi connectivity index (χ4n) is 1.69. The fourth-order valence-corrected chi connectivity index (χ4v) is 1.69. The first-order valence-corrected chi connectivity index (χ1v) is 6.32. The zero-order valence-electron chi connectivity index (χ0n) is 11.8. The molecule has 2 heterocycles. The molecule has 1 amide bonds. The van der Waals surface area contributed by atoms with Gasteiger partial charge in [0.1, 0.15) is 5.82 Å². The van der Waals surface area contributed by atoms with Crippen LogP contribution in [0.1, 0.15) is 12.7 Å². The summed E-state index contributed by atoms with van der Waals surface area (Å²) in [7, 11) is 3.81. The molecule has 2 rings (SSSR count). The highest BCUT2D eigenvalue weighted by molar-refractivity contribution is 5.92. The zero-order chi connectivity index (χ0) is 14.5. The number of carbonyl (C=O) groups is 1. The number of rotatable bonds is 5. The summed E-state index contributed by atoms with van der Waals surface area (Å²) in [6.07, 6.45) is 6.80. The molecule has 1 atom stereocenters. The molecule has 0 radical (unpaired) electrons. The van der Waals surface area contributed by atoms with E-state index in [0.717, 1.165) is 5.82 Å². The third-order valence-electron chi connectivity index (χ3n) is 3.15. The van der Waals surface area contributed by atoms with Gasteiger partial charge in [0.15, 0.2) is 0 Å². The van der Waals surface area contributed by atoms with Crippen LogP contribution in [0.25, 0.3) is 0 Å². The predicted octanol–water partition coefficient (Wildman–Crippen LogP) is 0.669. The normalized spacial score (nSPS) is 12.4. The number of imidazole rings is 1. The van der Waals surface area contributed by atoms with Crippen molar-refractivity contribution in [3.05, 3.63) is 36.7 Å². The number of likely N-dealkylation sites (N-methyl/N-ethyl adjacent to an activating group) is 1. The fraction of sp³-hybridized carbons (Fsp3) is 0.385. The monoisotopic (exact) mass is 274 g/mol. The van der Waals surface area contributed by atoms with Crippen LogP contribution in [0.2, 0.25) is 0 Å². The molecule has 0 saturated carbocycles. The summed E-state index contributed by atoms with van der Waals surface area (Å²) in [5.41, 5.74) is 0. The smallest absolute Gasteiger partial charge is 0.243 e. The molecule has 2 aromatic heterocycles. The van der Waals surface area contributed by atoms with Crippen LogP contribution in [0.3, 0.4) is 0 Å². The van der Waals surface area contributed by atoms with Gasteiger partial charge in [-0.25, -0.2) is 15.0 Å². The van der Waals surface area contributed by atoms with Crippen molar-refractivity contribution in [3.8, 4) is 0 Å². The minimum Gasteiger partial charge on any atom is -0.337 e. The van der Waals surface area contributed by atoms with E-state index in [4.69, 9.17) is 0 Å². The average molecular weight is 274 g/mol. The summed E-state index contributed by atoms with van der Waals surface area (Å²) in [6, 6.07) is 1.39. The topological polar surface area (TPSA) is 75.9 Å². The highest BCUT2D eigenvalue weighted by Crippen LogP contribution is 2.06. The maximum Gasteiger partial charge on any atom is 0.243 e. The Morgan fingerprint density at radius 3 is 2.65 bits per heavy atom. The molecule has 0 bridgehead atoms. The van der Waals surface area contributed by atoms with E-state index in [1.807, 2.05) is 36.7 Å². The summed E-state index contributed by atoms with van der Waals surface area (Å²) >= 11 is 0. The van der Waals surface area contributed by atoms with Gasteiger partial charge in [0, 0.05) is 31.8 Å². The SMILES string of the molecule is CC(C(=O)Nc1ncccn1)N(C)Cc1nccn1C. The van der Waals surface area contributed by atoms with Crippen LogP contribution in [0.15, 0.2) is 30.9 Å². The molecule has 0 saturated heterocycles. The van der Waals surface area contributed by atoms with Crippen molar-refractivity contribution in [2.24, 2.45) is 7.05 Å². The lowest BCUT2D eigenvalue weighted by molar-refractivity contribution is -0.120. The highest BCUT2D eigenvalue weighted by atomic mass is 16.2. The first-order chi connectivity index (χ1) is 9.58. The number of anilines is 1. The Labute approximate surface area is 117 Å². The van der Waals surface area contributed by atoms with Crippen LogP contribution >= 0.6 is 0 Å². The molecule has 1 unspecified atom stereocenters. The van der Waals surface area contributed by atoms with Crippen molar-refractivity contribution in [2.45, 2.75) is 19.5 Å². The van der Waals surface area contributed by atoms with Gasteiger partial charge in [0.2, 0.25) is 11.9 Å². The molecular weight excluding hydrogens is 256 g/mol. The Bertz CT molecular complexity index is 567. The van der Waals surface area contributed by atoms with Crippen molar-refractivity contribution < 1.29 is 4.79 Å². The van der Waals surface area contributed by atoms with E-state index >= 15 is 0 Å². The van der Waals surface area contributed by atoms with Gasteiger partial charge in [-0.2, -0.15) is 0 Å². The molecule has 106 valence electrons. The summed E-state index contributed by atoms with van der Waals surface area (Å²) in [5, 5.41) is 2.69. The van der Waals surface area contributed by atoms with Gasteiger partial charge >= 0.3 is 0 Å². The first-order valence-electron chi connectivity index (χ1n) is 6.32. The van der Waals surface area contributed by atoms with Crippen LogP contribution < -0.4 is 5.32 Å². The Hall–Kier alpha value is -2.28. The van der Waals surface area contributed by atoms with Crippen LogP contribution in [0.5, 0.6) is 0 Å². The molecule has 20 heavy (non-hydrogen) atoms. The van der Waals surface area contributed by atoms with Gasteiger partial charge in [0.05, 0.1) is 12.6 Å². The number of carbonyl (C=O) groups excluding carboxylic acids is 1. The standard InChI is InChI=1S/C13H18N6O/c1-10(12(20)17-13-15-5-4-6-16-13)19(3)9-11-14-7-8-18(11)2/h4-8,10H,9H2,1-3H3,(H,15,16,17,20). The van der Waals surface area contributed by atoms with E-state index in [9.17, 15) is 4.79 Å². The van der Waals surface area contributed by atoms with E-state index in [-0.39, 0.29) is 11.9 Å². The zero-order valence-corrected chi connectivity index (χ0v) is 11.8. The molecular formula is C13H18N6O. The number of nitrogens with zero attached hydrogens (tertiary/aromatic N) is 5. The summed E-state index contributed by atoms with van der Waals surface area (Å²) in [4.78, 5) is 26.2. The number of hydrogen-bond acceptors (Lipinski definition) is 5. The van der Waals surface area contributed by atoms with E-state index in [0.29, 0.717) is 12.5 Å². The summed E-state index contributed by atoms with van der Waals surface area (Å²) < 4.78 is 1.93. The lowest BCUT2D eigenvalue weighted by Gasteiger charge is -2.23. The minimum atomic E-state index is -0.310. The molecule has 7 heteroatoms. The summed E-state index contributed by atoms with van der Waals surface area (Å²) in [5.74, 6) is 1.07. The molecule has 0 spiro atoms. The quantitative estimate of drug-likeness (QED) is 0.867. The van der Waals surface area contributed by atoms with Crippen LogP contribution in [0.4, 0.5) is 5.95 Å². The average Bonchev–Trinajstić information content (AvgIpc) is 2.84. The summed E-state index contributed by atoms with van der Waals surface area (Å²) in [6.45, 7) is 2.43. The lowest BCUT2D eigenvalue weighted by Crippen LogP contribution is -2.39. The van der Waals surface area contributed by atoms with E-state index in [2.05, 4.69) is 20.3 Å². The second-order valence-corrected chi connectivity index (χ2v) is 4.61. The first kappa shape index (κ1) is 14.1. The molecule has 0 aliphatic rings. The van der Waals surface area contributed by atoms with Gasteiger partial charge < -0.3 is 4.57 Å². The van der Waals surface area contributed by atoms with Gasteiger partial charge in [0.25, 0.3) is 0 Å². The molecule has 0 aromatic carbocycles. The lowest BCUT2D eigenvalue weighted by atomic mass is 10.2. The number of hydrogen-bond donors (Lipinski definition) is 1. The Kier molecular flexibility index (Phi) is 4.41.